The molecule has 2 aromatic rings. The average molecular weight is 288 g/mol. The molecule has 1 N–H and O–H groups in total. The second-order valence-corrected chi connectivity index (χ2v) is 6.74. The molecular weight excluding hydrogens is 264 g/mol. The number of hydrogen-bond acceptors (Lipinski definition) is 3. The van der Waals surface area contributed by atoms with Crippen LogP contribution in [0.1, 0.15) is 37.6 Å². The van der Waals surface area contributed by atoms with Gasteiger partial charge in [0.05, 0.1) is 5.51 Å². The van der Waals surface area contributed by atoms with E-state index >= 15 is 0 Å². The van der Waals surface area contributed by atoms with Crippen LogP contribution in [0.15, 0.2) is 42.0 Å². The van der Waals surface area contributed by atoms with Crippen molar-refractivity contribution in [3.8, 4) is 0 Å². The maximum absolute atomic E-state index is 4.20. The highest BCUT2D eigenvalue weighted by Crippen LogP contribution is 2.29. The van der Waals surface area contributed by atoms with Gasteiger partial charge >= 0.3 is 0 Å². The van der Waals surface area contributed by atoms with Crippen LogP contribution in [0.2, 0.25) is 0 Å². The van der Waals surface area contributed by atoms with Crippen LogP contribution in [0.3, 0.4) is 0 Å². The normalized spacial score (nSPS) is 13.3. The molecule has 0 spiro atoms. The lowest BCUT2D eigenvalue weighted by molar-refractivity contribution is 0.339. The SMILES string of the molecule is CCCNC(Cc1cncs1)C(C)(C)c1ccccc1. The first-order valence-electron chi connectivity index (χ1n) is 7.31. The lowest BCUT2D eigenvalue weighted by Gasteiger charge is -2.35. The van der Waals surface area contributed by atoms with Crippen molar-refractivity contribution in [2.45, 2.75) is 45.1 Å². The van der Waals surface area contributed by atoms with Crippen molar-refractivity contribution in [3.63, 3.8) is 0 Å². The fourth-order valence-corrected chi connectivity index (χ4v) is 3.16. The third-order valence-corrected chi connectivity index (χ3v) is 4.72. The van der Waals surface area contributed by atoms with Crippen LogP contribution in [-0.2, 0) is 11.8 Å². The molecule has 1 aromatic carbocycles. The highest BCUT2D eigenvalue weighted by atomic mass is 32.1. The number of nitrogens with one attached hydrogen (secondary N) is 1. The van der Waals surface area contributed by atoms with E-state index < -0.39 is 0 Å². The van der Waals surface area contributed by atoms with E-state index in [-0.39, 0.29) is 5.41 Å². The molecular formula is C17H24N2S. The summed E-state index contributed by atoms with van der Waals surface area (Å²) in [6, 6.07) is 11.2. The van der Waals surface area contributed by atoms with Gasteiger partial charge < -0.3 is 5.32 Å². The molecule has 1 heterocycles. The molecule has 2 rings (SSSR count). The standard InChI is InChI=1S/C17H24N2S/c1-4-10-19-16(11-15-12-18-13-20-15)17(2,3)14-8-6-5-7-9-14/h5-9,12-13,16,19H,4,10-11H2,1-3H3. The van der Waals surface area contributed by atoms with Crippen molar-refractivity contribution in [3.05, 3.63) is 52.5 Å². The minimum atomic E-state index is 0.0976. The zero-order valence-corrected chi connectivity index (χ0v) is 13.4. The monoisotopic (exact) mass is 288 g/mol. The van der Waals surface area contributed by atoms with Crippen molar-refractivity contribution < 1.29 is 0 Å². The summed E-state index contributed by atoms with van der Waals surface area (Å²) in [5.41, 5.74) is 3.40. The quantitative estimate of drug-likeness (QED) is 0.832. The molecule has 1 atom stereocenters. The van der Waals surface area contributed by atoms with E-state index in [2.05, 4.69) is 61.4 Å². The lowest BCUT2D eigenvalue weighted by atomic mass is 9.76. The Balaban J connectivity index is 2.20. The van der Waals surface area contributed by atoms with E-state index in [1.807, 2.05) is 11.7 Å². The van der Waals surface area contributed by atoms with Gasteiger partial charge in [-0.2, -0.15) is 0 Å². The third kappa shape index (κ3) is 3.68. The molecule has 0 aliphatic carbocycles. The van der Waals surface area contributed by atoms with Gasteiger partial charge in [-0.25, -0.2) is 0 Å². The van der Waals surface area contributed by atoms with Crippen molar-refractivity contribution in [2.24, 2.45) is 0 Å². The number of benzene rings is 1. The molecule has 0 aliphatic heterocycles. The van der Waals surface area contributed by atoms with E-state index in [0.29, 0.717) is 6.04 Å². The van der Waals surface area contributed by atoms with E-state index in [1.54, 1.807) is 11.3 Å². The zero-order chi connectivity index (χ0) is 14.4. The van der Waals surface area contributed by atoms with Gasteiger partial charge in [0, 0.05) is 22.5 Å². The van der Waals surface area contributed by atoms with Crippen LogP contribution in [0.4, 0.5) is 0 Å². The summed E-state index contributed by atoms with van der Waals surface area (Å²) in [5.74, 6) is 0. The first-order chi connectivity index (χ1) is 9.64. The summed E-state index contributed by atoms with van der Waals surface area (Å²) < 4.78 is 0. The zero-order valence-electron chi connectivity index (χ0n) is 12.6. The molecule has 0 radical (unpaired) electrons. The lowest BCUT2D eigenvalue weighted by Crippen LogP contribution is -2.46. The Bertz CT molecular complexity index is 491. The predicted molar refractivity (Wildman–Crippen MR) is 87.4 cm³/mol. The molecule has 0 fully saturated rings. The van der Waals surface area contributed by atoms with E-state index in [4.69, 9.17) is 0 Å². The minimum Gasteiger partial charge on any atom is -0.313 e. The van der Waals surface area contributed by atoms with Crippen molar-refractivity contribution >= 4 is 11.3 Å². The molecule has 0 saturated heterocycles. The number of rotatable bonds is 7. The second-order valence-electron chi connectivity index (χ2n) is 5.77. The minimum absolute atomic E-state index is 0.0976. The molecule has 0 bridgehead atoms. The molecule has 0 aliphatic rings. The number of aromatic nitrogens is 1. The van der Waals surface area contributed by atoms with Gasteiger partial charge in [0.15, 0.2) is 0 Å². The van der Waals surface area contributed by atoms with Gasteiger partial charge in [0.2, 0.25) is 0 Å². The van der Waals surface area contributed by atoms with Crippen LogP contribution >= 0.6 is 11.3 Å². The topological polar surface area (TPSA) is 24.9 Å². The highest BCUT2D eigenvalue weighted by Gasteiger charge is 2.31. The van der Waals surface area contributed by atoms with Crippen LogP contribution in [0.25, 0.3) is 0 Å². The average Bonchev–Trinajstić information content (AvgIpc) is 2.97. The highest BCUT2D eigenvalue weighted by molar-refractivity contribution is 7.09. The Morgan fingerprint density at radius 2 is 2.00 bits per heavy atom. The van der Waals surface area contributed by atoms with Crippen LogP contribution < -0.4 is 5.32 Å². The Morgan fingerprint density at radius 1 is 1.25 bits per heavy atom. The van der Waals surface area contributed by atoms with Crippen molar-refractivity contribution in [2.75, 3.05) is 6.54 Å². The maximum atomic E-state index is 4.20. The fraction of sp³-hybridized carbons (Fsp3) is 0.471. The maximum Gasteiger partial charge on any atom is 0.0794 e. The van der Waals surface area contributed by atoms with Gasteiger partial charge in [-0.05, 0) is 24.9 Å². The number of nitrogens with zero attached hydrogens (tertiary/aromatic N) is 1. The first-order valence-corrected chi connectivity index (χ1v) is 8.19. The van der Waals surface area contributed by atoms with Crippen LogP contribution in [-0.4, -0.2) is 17.6 Å². The van der Waals surface area contributed by atoms with Gasteiger partial charge in [-0.15, -0.1) is 11.3 Å². The smallest absolute Gasteiger partial charge is 0.0794 e. The Kier molecular flexibility index (Phi) is 5.32. The summed E-state index contributed by atoms with van der Waals surface area (Å²) >= 11 is 1.74. The summed E-state index contributed by atoms with van der Waals surface area (Å²) in [6.45, 7) is 7.93. The number of thiazole rings is 1. The summed E-state index contributed by atoms with van der Waals surface area (Å²) in [7, 11) is 0. The molecule has 1 aromatic heterocycles. The number of hydrogen-bond donors (Lipinski definition) is 1. The van der Waals surface area contributed by atoms with Gasteiger partial charge in [-0.1, -0.05) is 51.1 Å². The largest absolute Gasteiger partial charge is 0.313 e. The van der Waals surface area contributed by atoms with Crippen molar-refractivity contribution in [1.82, 2.24) is 10.3 Å². The molecule has 1 unspecified atom stereocenters. The Morgan fingerprint density at radius 3 is 2.60 bits per heavy atom. The predicted octanol–water partition coefficient (Wildman–Crippen LogP) is 4.03. The van der Waals surface area contributed by atoms with E-state index in [1.165, 1.54) is 10.4 Å². The summed E-state index contributed by atoms with van der Waals surface area (Å²) in [4.78, 5) is 5.55. The molecule has 20 heavy (non-hydrogen) atoms. The van der Waals surface area contributed by atoms with Gasteiger partial charge in [-0.3, -0.25) is 4.98 Å². The van der Waals surface area contributed by atoms with Crippen LogP contribution in [0, 0.1) is 0 Å². The van der Waals surface area contributed by atoms with Crippen LogP contribution in [0.5, 0.6) is 0 Å². The van der Waals surface area contributed by atoms with Gasteiger partial charge in [0.25, 0.3) is 0 Å². The Labute approximate surface area is 126 Å². The van der Waals surface area contributed by atoms with Gasteiger partial charge in [0.1, 0.15) is 0 Å². The summed E-state index contributed by atoms with van der Waals surface area (Å²) in [6.07, 6.45) is 4.18. The first kappa shape index (κ1) is 15.2. The van der Waals surface area contributed by atoms with E-state index in [0.717, 1.165) is 19.4 Å². The molecule has 3 heteroatoms. The Hall–Kier alpha value is -1.19. The molecule has 2 nitrogen and oxygen atoms in total. The molecule has 0 amide bonds. The summed E-state index contributed by atoms with van der Waals surface area (Å²) in [5, 5.41) is 3.73. The third-order valence-electron chi connectivity index (χ3n) is 3.92. The fourth-order valence-electron chi connectivity index (χ4n) is 2.51. The molecule has 0 saturated carbocycles. The van der Waals surface area contributed by atoms with Crippen molar-refractivity contribution in [1.29, 1.82) is 0 Å². The second kappa shape index (κ2) is 7.00. The van der Waals surface area contributed by atoms with E-state index in [9.17, 15) is 0 Å². The molecule has 108 valence electrons.